The third-order valence-electron chi connectivity index (χ3n) is 6.41. The fraction of sp³-hybridized carbons (Fsp3) is 0.179. The summed E-state index contributed by atoms with van der Waals surface area (Å²) in [5, 5.41) is 17.2. The summed E-state index contributed by atoms with van der Waals surface area (Å²) in [4.78, 5) is 24.8. The van der Waals surface area contributed by atoms with Gasteiger partial charge in [0.25, 0.3) is 0 Å². The lowest BCUT2D eigenvalue weighted by molar-refractivity contribution is -0.139. The minimum Gasteiger partial charge on any atom is -0.480 e. The molecule has 5 rings (SSSR count). The van der Waals surface area contributed by atoms with Gasteiger partial charge in [-0.05, 0) is 46.0 Å². The molecule has 0 spiro atoms. The number of aryl methyl sites for hydroxylation is 1. The summed E-state index contributed by atoms with van der Waals surface area (Å²) in [5.41, 5.74) is 6.50. The van der Waals surface area contributed by atoms with Crippen LogP contribution in [0, 0.1) is 0 Å². The van der Waals surface area contributed by atoms with Crippen LogP contribution in [0.15, 0.2) is 79.0 Å². The van der Waals surface area contributed by atoms with Crippen LogP contribution in [0.5, 0.6) is 0 Å². The van der Waals surface area contributed by atoms with Crippen LogP contribution in [0.25, 0.3) is 22.4 Å². The Bertz CT molecular complexity index is 1400. The van der Waals surface area contributed by atoms with Gasteiger partial charge in [-0.15, -0.1) is 0 Å². The van der Waals surface area contributed by atoms with E-state index in [-0.39, 0.29) is 18.9 Å². The fourth-order valence-electron chi connectivity index (χ4n) is 4.74. The van der Waals surface area contributed by atoms with Gasteiger partial charge in [-0.2, -0.15) is 5.10 Å². The predicted octanol–water partition coefficient (Wildman–Crippen LogP) is 5.27. The molecular weight excluding hydrogens is 478 g/mol. The highest BCUT2D eigenvalue weighted by atomic mass is 35.5. The number of alkyl carbamates (subject to hydrolysis) is 1. The number of ether oxygens (including phenoxy) is 1. The average Bonchev–Trinajstić information content (AvgIpc) is 3.43. The topological polar surface area (TPSA) is 93.5 Å². The van der Waals surface area contributed by atoms with Gasteiger partial charge in [0, 0.05) is 36.2 Å². The Morgan fingerprint density at radius 3 is 2.31 bits per heavy atom. The quantitative estimate of drug-likeness (QED) is 0.359. The number of aromatic nitrogens is 2. The number of nitrogens with zero attached hydrogens (tertiary/aromatic N) is 2. The van der Waals surface area contributed by atoms with Crippen LogP contribution < -0.4 is 5.32 Å². The number of nitrogens with one attached hydrogen (secondary N) is 1. The van der Waals surface area contributed by atoms with Crippen molar-refractivity contribution in [2.24, 2.45) is 7.05 Å². The highest BCUT2D eigenvalue weighted by Gasteiger charge is 2.30. The van der Waals surface area contributed by atoms with Gasteiger partial charge < -0.3 is 15.2 Å². The van der Waals surface area contributed by atoms with E-state index in [1.807, 2.05) is 42.5 Å². The number of aliphatic carboxylic acids is 1. The summed E-state index contributed by atoms with van der Waals surface area (Å²) in [5.74, 6) is -1.29. The fourth-order valence-corrected chi connectivity index (χ4v) is 4.94. The third kappa shape index (κ3) is 4.70. The number of amides is 1. The molecule has 0 saturated carbocycles. The van der Waals surface area contributed by atoms with Crippen molar-refractivity contribution >= 4 is 23.7 Å². The molecule has 1 amide bonds. The number of halogens is 1. The summed E-state index contributed by atoms with van der Waals surface area (Å²) in [7, 11) is 1.80. The summed E-state index contributed by atoms with van der Waals surface area (Å²) in [6.07, 6.45) is 1.04. The minimum atomic E-state index is -1.21. The maximum absolute atomic E-state index is 12.7. The van der Waals surface area contributed by atoms with Gasteiger partial charge in [0.05, 0.1) is 5.69 Å². The molecule has 0 bridgehead atoms. The van der Waals surface area contributed by atoms with Crippen LogP contribution in [0.4, 0.5) is 4.79 Å². The van der Waals surface area contributed by atoms with Crippen LogP contribution in [0.2, 0.25) is 5.02 Å². The van der Waals surface area contributed by atoms with Crippen molar-refractivity contribution in [1.29, 1.82) is 0 Å². The zero-order chi connectivity index (χ0) is 25.2. The van der Waals surface area contributed by atoms with Crippen LogP contribution in [0.3, 0.4) is 0 Å². The van der Waals surface area contributed by atoms with Crippen LogP contribution in [-0.4, -0.2) is 39.6 Å². The van der Waals surface area contributed by atoms with E-state index >= 15 is 0 Å². The summed E-state index contributed by atoms with van der Waals surface area (Å²) < 4.78 is 7.21. The predicted molar refractivity (Wildman–Crippen MR) is 137 cm³/mol. The van der Waals surface area contributed by atoms with Crippen LogP contribution in [0.1, 0.15) is 22.6 Å². The SMILES string of the molecule is Cn1ccc(-c2ccc(Cl)cc2C[C@H](NC(=O)OCC2c3ccccc3-c3ccccc32)C(=O)O)n1. The van der Waals surface area contributed by atoms with E-state index < -0.39 is 18.1 Å². The van der Waals surface area contributed by atoms with E-state index in [4.69, 9.17) is 16.3 Å². The maximum Gasteiger partial charge on any atom is 0.407 e. The second kappa shape index (κ2) is 9.87. The van der Waals surface area contributed by atoms with E-state index in [0.717, 1.165) is 27.8 Å². The standard InChI is InChI=1S/C28H24ClN3O4/c1-32-13-12-25(31-32)19-11-10-18(29)14-17(19)15-26(27(33)34)30-28(35)36-16-24-22-8-4-2-6-20(22)21-7-3-5-9-23(21)24/h2-14,24,26H,15-16H2,1H3,(H,30,35)(H,33,34)/t26-/m0/s1. The Hall–Kier alpha value is -4.10. The number of hydrogen-bond donors (Lipinski definition) is 2. The van der Waals surface area contributed by atoms with Crippen molar-refractivity contribution in [2.75, 3.05) is 6.61 Å². The molecule has 0 fully saturated rings. The first-order chi connectivity index (χ1) is 17.4. The number of carboxylic acid groups (broad SMARTS) is 1. The first-order valence-corrected chi connectivity index (χ1v) is 11.9. The largest absolute Gasteiger partial charge is 0.480 e. The first kappa shape index (κ1) is 23.6. The molecule has 1 aliphatic rings. The van der Waals surface area contributed by atoms with Crippen molar-refractivity contribution in [1.82, 2.24) is 15.1 Å². The minimum absolute atomic E-state index is 0.0198. The zero-order valence-electron chi connectivity index (χ0n) is 19.5. The van der Waals surface area contributed by atoms with E-state index in [2.05, 4.69) is 22.5 Å². The molecule has 0 aliphatic heterocycles. The monoisotopic (exact) mass is 501 g/mol. The molecule has 2 N–H and O–H groups in total. The Morgan fingerprint density at radius 1 is 1.03 bits per heavy atom. The van der Waals surface area contributed by atoms with E-state index in [0.29, 0.717) is 16.3 Å². The molecule has 1 aromatic heterocycles. The molecule has 1 heterocycles. The Labute approximate surface area is 213 Å². The summed E-state index contributed by atoms with van der Waals surface area (Å²) in [6, 6.07) is 21.9. The number of carbonyl (C=O) groups is 2. The lowest BCUT2D eigenvalue weighted by atomic mass is 9.98. The van der Waals surface area contributed by atoms with Gasteiger partial charge >= 0.3 is 12.1 Å². The molecule has 1 atom stereocenters. The van der Waals surface area contributed by atoms with E-state index in [1.54, 1.807) is 36.1 Å². The van der Waals surface area contributed by atoms with Gasteiger partial charge in [0.1, 0.15) is 12.6 Å². The van der Waals surface area contributed by atoms with Crippen molar-refractivity contribution in [3.05, 3.63) is 101 Å². The maximum atomic E-state index is 12.7. The normalized spacial score (nSPS) is 13.1. The van der Waals surface area contributed by atoms with Crippen LogP contribution >= 0.6 is 11.6 Å². The summed E-state index contributed by atoms with van der Waals surface area (Å²) >= 11 is 6.20. The van der Waals surface area contributed by atoms with Gasteiger partial charge in [-0.1, -0.05) is 66.2 Å². The second-order valence-corrected chi connectivity index (χ2v) is 9.18. The van der Waals surface area contributed by atoms with Gasteiger partial charge in [-0.25, -0.2) is 9.59 Å². The van der Waals surface area contributed by atoms with E-state index in [1.165, 1.54) is 0 Å². The first-order valence-electron chi connectivity index (χ1n) is 11.5. The third-order valence-corrected chi connectivity index (χ3v) is 6.65. The summed E-state index contributed by atoms with van der Waals surface area (Å²) in [6.45, 7) is 0.0998. The Kier molecular flexibility index (Phi) is 6.48. The molecule has 3 aromatic carbocycles. The lowest BCUT2D eigenvalue weighted by Crippen LogP contribution is -2.43. The second-order valence-electron chi connectivity index (χ2n) is 8.74. The highest BCUT2D eigenvalue weighted by Crippen LogP contribution is 2.44. The molecule has 1 aliphatic carbocycles. The van der Waals surface area contributed by atoms with E-state index in [9.17, 15) is 14.7 Å². The van der Waals surface area contributed by atoms with Gasteiger partial charge in [0.15, 0.2) is 0 Å². The number of carbonyl (C=O) groups excluding carboxylic acids is 1. The Morgan fingerprint density at radius 2 is 1.69 bits per heavy atom. The molecule has 36 heavy (non-hydrogen) atoms. The van der Waals surface area contributed by atoms with Crippen molar-refractivity contribution in [3.63, 3.8) is 0 Å². The van der Waals surface area contributed by atoms with Crippen molar-refractivity contribution in [3.8, 4) is 22.4 Å². The molecule has 0 saturated heterocycles. The average molecular weight is 502 g/mol. The molecule has 7 nitrogen and oxygen atoms in total. The molecule has 182 valence electrons. The number of carboxylic acids is 1. The number of benzene rings is 3. The molecule has 8 heteroatoms. The number of fused-ring (bicyclic) bond motifs is 3. The zero-order valence-corrected chi connectivity index (χ0v) is 20.3. The molecule has 0 unspecified atom stereocenters. The lowest BCUT2D eigenvalue weighted by Gasteiger charge is -2.18. The van der Waals surface area contributed by atoms with Crippen LogP contribution in [-0.2, 0) is 23.0 Å². The molecular formula is C28H24ClN3O4. The molecule has 0 radical (unpaired) electrons. The van der Waals surface area contributed by atoms with Crippen molar-refractivity contribution < 1.29 is 19.4 Å². The highest BCUT2D eigenvalue weighted by molar-refractivity contribution is 6.30. The number of rotatable bonds is 7. The Balaban J connectivity index is 1.31. The van der Waals surface area contributed by atoms with Gasteiger partial charge in [0.2, 0.25) is 0 Å². The smallest absolute Gasteiger partial charge is 0.407 e. The number of hydrogen-bond acceptors (Lipinski definition) is 4. The molecule has 4 aromatic rings. The van der Waals surface area contributed by atoms with Gasteiger partial charge in [-0.3, -0.25) is 4.68 Å². The van der Waals surface area contributed by atoms with Crippen molar-refractivity contribution in [2.45, 2.75) is 18.4 Å².